The third-order valence-corrected chi connectivity index (χ3v) is 3.43. The number of carbonyl (C=O) groups excluding carboxylic acids is 2. The summed E-state index contributed by atoms with van der Waals surface area (Å²) in [5, 5.41) is 10.6. The molecule has 0 saturated carbocycles. The van der Waals surface area contributed by atoms with Gasteiger partial charge in [0.2, 0.25) is 5.91 Å². The molecule has 0 aliphatic carbocycles. The molecule has 0 radical (unpaired) electrons. The Hall–Kier alpha value is -2.64. The predicted octanol–water partition coefficient (Wildman–Crippen LogP) is 0.364. The molecule has 1 aromatic carbocycles. The van der Waals surface area contributed by atoms with Crippen LogP contribution >= 0.6 is 0 Å². The normalized spacial score (nSPS) is 19.6. The number of amides is 2. The molecule has 1 saturated heterocycles. The minimum atomic E-state index is -0.471. The molecule has 1 unspecified atom stereocenters. The summed E-state index contributed by atoms with van der Waals surface area (Å²) in [6, 6.07) is 2.91. The van der Waals surface area contributed by atoms with E-state index >= 15 is 0 Å². The summed E-state index contributed by atoms with van der Waals surface area (Å²) < 4.78 is 4.67. The molecule has 1 fully saturated rings. The first-order chi connectivity index (χ1) is 9.58. The van der Waals surface area contributed by atoms with E-state index in [0.29, 0.717) is 35.2 Å². The number of likely N-dealkylation sites (tertiary alicyclic amines) is 1. The first kappa shape index (κ1) is 12.4. The van der Waals surface area contributed by atoms with E-state index in [4.69, 9.17) is 5.73 Å². The van der Waals surface area contributed by atoms with Crippen molar-refractivity contribution >= 4 is 34.2 Å². The zero-order chi connectivity index (χ0) is 14.3. The van der Waals surface area contributed by atoms with Gasteiger partial charge in [-0.1, -0.05) is 0 Å². The Labute approximate surface area is 113 Å². The lowest BCUT2D eigenvalue weighted by atomic mass is 10.0. The Kier molecular flexibility index (Phi) is 2.78. The van der Waals surface area contributed by atoms with Crippen LogP contribution < -0.4 is 11.1 Å². The van der Waals surface area contributed by atoms with E-state index in [1.807, 2.05) is 0 Å². The molecule has 2 amide bonds. The summed E-state index contributed by atoms with van der Waals surface area (Å²) in [6.07, 6.45) is 0.772. The van der Waals surface area contributed by atoms with E-state index in [1.165, 1.54) is 7.05 Å². The molecule has 2 aromatic rings. The van der Waals surface area contributed by atoms with Crippen LogP contribution in [0.15, 0.2) is 16.8 Å². The van der Waals surface area contributed by atoms with Crippen LogP contribution in [0.3, 0.4) is 0 Å². The fraction of sp³-hybridized carbons (Fsp3) is 0.333. The number of likely N-dealkylation sites (N-methyl/N-ethyl adjacent to an activating group) is 1. The standard InChI is InChI=1S/C12H13N5O3/c1-17-9(18)5-4-8(12(17)19)14-7-3-2-6(13)10-11(7)16-20-15-10/h2-3,8,14H,4-5,13H2,1H3. The van der Waals surface area contributed by atoms with Crippen molar-refractivity contribution in [3.05, 3.63) is 12.1 Å². The van der Waals surface area contributed by atoms with Crippen molar-refractivity contribution in [1.82, 2.24) is 15.2 Å². The Balaban J connectivity index is 1.90. The van der Waals surface area contributed by atoms with Gasteiger partial charge in [0.05, 0.1) is 11.4 Å². The van der Waals surface area contributed by atoms with Crippen LogP contribution in [0, 0.1) is 0 Å². The number of imide groups is 1. The lowest BCUT2D eigenvalue weighted by Gasteiger charge is -2.28. The van der Waals surface area contributed by atoms with Gasteiger partial charge in [0.25, 0.3) is 5.91 Å². The Morgan fingerprint density at radius 3 is 2.90 bits per heavy atom. The molecule has 0 spiro atoms. The second-order valence-corrected chi connectivity index (χ2v) is 4.69. The molecule has 1 aromatic heterocycles. The molecular weight excluding hydrogens is 262 g/mol. The van der Waals surface area contributed by atoms with Crippen LogP contribution in [0.2, 0.25) is 0 Å². The number of benzene rings is 1. The second-order valence-electron chi connectivity index (χ2n) is 4.69. The van der Waals surface area contributed by atoms with Gasteiger partial charge < -0.3 is 11.1 Å². The first-order valence-electron chi connectivity index (χ1n) is 6.15. The zero-order valence-electron chi connectivity index (χ0n) is 10.8. The molecule has 3 rings (SSSR count). The van der Waals surface area contributed by atoms with Gasteiger partial charge in [-0.3, -0.25) is 14.5 Å². The largest absolute Gasteiger partial charge is 0.397 e. The smallest absolute Gasteiger partial charge is 0.251 e. The maximum absolute atomic E-state index is 12.0. The number of rotatable bonds is 2. The van der Waals surface area contributed by atoms with Crippen LogP contribution in [0.4, 0.5) is 11.4 Å². The third-order valence-electron chi connectivity index (χ3n) is 3.43. The highest BCUT2D eigenvalue weighted by molar-refractivity contribution is 6.02. The Bertz CT molecular complexity index is 695. The number of nitrogens with zero attached hydrogens (tertiary/aromatic N) is 3. The van der Waals surface area contributed by atoms with Crippen molar-refractivity contribution in [2.75, 3.05) is 18.1 Å². The molecule has 1 aliphatic rings. The van der Waals surface area contributed by atoms with Crippen molar-refractivity contribution in [3.8, 4) is 0 Å². The van der Waals surface area contributed by atoms with E-state index in [0.717, 1.165) is 4.90 Å². The molecule has 104 valence electrons. The second kappa shape index (κ2) is 4.48. The number of anilines is 2. The number of aromatic nitrogens is 2. The molecule has 0 bridgehead atoms. The van der Waals surface area contributed by atoms with E-state index in [-0.39, 0.29) is 11.8 Å². The minimum absolute atomic E-state index is 0.168. The van der Waals surface area contributed by atoms with Gasteiger partial charge in [-0.25, -0.2) is 4.63 Å². The van der Waals surface area contributed by atoms with Gasteiger partial charge in [0.1, 0.15) is 6.04 Å². The third kappa shape index (κ3) is 1.85. The molecule has 8 nitrogen and oxygen atoms in total. The van der Waals surface area contributed by atoms with E-state index in [1.54, 1.807) is 12.1 Å². The maximum atomic E-state index is 12.0. The minimum Gasteiger partial charge on any atom is -0.397 e. The summed E-state index contributed by atoms with van der Waals surface area (Å²) in [4.78, 5) is 24.6. The molecule has 2 heterocycles. The molecule has 1 aliphatic heterocycles. The predicted molar refractivity (Wildman–Crippen MR) is 70.6 cm³/mol. The van der Waals surface area contributed by atoms with Crippen LogP contribution in [-0.4, -0.2) is 40.1 Å². The number of carbonyl (C=O) groups is 2. The number of nitrogens with one attached hydrogen (secondary N) is 1. The van der Waals surface area contributed by atoms with Gasteiger partial charge in [-0.05, 0) is 28.9 Å². The number of hydrogen-bond donors (Lipinski definition) is 2. The van der Waals surface area contributed by atoms with Crippen LogP contribution in [0.5, 0.6) is 0 Å². The SMILES string of the molecule is CN1C(=O)CCC(Nc2ccc(N)c3nonc23)C1=O. The van der Waals surface area contributed by atoms with Gasteiger partial charge in [-0.2, -0.15) is 0 Å². The lowest BCUT2D eigenvalue weighted by Crippen LogP contribution is -2.48. The molecule has 8 heteroatoms. The molecule has 3 N–H and O–H groups in total. The monoisotopic (exact) mass is 275 g/mol. The molecule has 1 atom stereocenters. The van der Waals surface area contributed by atoms with Crippen LogP contribution in [-0.2, 0) is 9.59 Å². The van der Waals surface area contributed by atoms with Gasteiger partial charge in [-0.15, -0.1) is 0 Å². The van der Waals surface area contributed by atoms with E-state index < -0.39 is 6.04 Å². The van der Waals surface area contributed by atoms with Gasteiger partial charge in [0.15, 0.2) is 11.0 Å². The summed E-state index contributed by atoms with van der Waals surface area (Å²) in [6.45, 7) is 0. The van der Waals surface area contributed by atoms with Gasteiger partial charge in [0, 0.05) is 13.5 Å². The quantitative estimate of drug-likeness (QED) is 0.600. The van der Waals surface area contributed by atoms with Crippen molar-refractivity contribution in [2.24, 2.45) is 0 Å². The van der Waals surface area contributed by atoms with Crippen LogP contribution in [0.1, 0.15) is 12.8 Å². The first-order valence-corrected chi connectivity index (χ1v) is 6.15. The van der Waals surface area contributed by atoms with Crippen molar-refractivity contribution < 1.29 is 14.2 Å². The Morgan fingerprint density at radius 1 is 1.35 bits per heavy atom. The maximum Gasteiger partial charge on any atom is 0.251 e. The number of fused-ring (bicyclic) bond motifs is 1. The average Bonchev–Trinajstić information content (AvgIpc) is 2.92. The fourth-order valence-corrected chi connectivity index (χ4v) is 2.24. The van der Waals surface area contributed by atoms with Crippen molar-refractivity contribution in [1.29, 1.82) is 0 Å². The summed E-state index contributed by atoms with van der Waals surface area (Å²) in [5.41, 5.74) is 7.74. The fourth-order valence-electron chi connectivity index (χ4n) is 2.24. The summed E-state index contributed by atoms with van der Waals surface area (Å²) in [7, 11) is 1.48. The highest BCUT2D eigenvalue weighted by Gasteiger charge is 2.32. The highest BCUT2D eigenvalue weighted by atomic mass is 16.6. The van der Waals surface area contributed by atoms with Crippen molar-refractivity contribution in [2.45, 2.75) is 18.9 Å². The Morgan fingerprint density at radius 2 is 2.10 bits per heavy atom. The zero-order valence-corrected chi connectivity index (χ0v) is 10.8. The van der Waals surface area contributed by atoms with E-state index in [9.17, 15) is 9.59 Å². The average molecular weight is 275 g/mol. The highest BCUT2D eigenvalue weighted by Crippen LogP contribution is 2.27. The number of piperidine rings is 1. The van der Waals surface area contributed by atoms with E-state index in [2.05, 4.69) is 20.3 Å². The number of nitrogens with two attached hydrogens (primary N) is 1. The molecule has 20 heavy (non-hydrogen) atoms. The van der Waals surface area contributed by atoms with Crippen molar-refractivity contribution in [3.63, 3.8) is 0 Å². The molecular formula is C12H13N5O3. The lowest BCUT2D eigenvalue weighted by molar-refractivity contribution is -0.146. The number of nitrogen functional groups attached to an aromatic ring is 1. The van der Waals surface area contributed by atoms with Gasteiger partial charge >= 0.3 is 0 Å². The topological polar surface area (TPSA) is 114 Å². The summed E-state index contributed by atoms with van der Waals surface area (Å²) in [5.74, 6) is -0.429. The van der Waals surface area contributed by atoms with Crippen LogP contribution in [0.25, 0.3) is 11.0 Å². The summed E-state index contributed by atoms with van der Waals surface area (Å²) >= 11 is 0. The number of hydrogen-bond acceptors (Lipinski definition) is 7.